The number of benzene rings is 2. The van der Waals surface area contributed by atoms with Gasteiger partial charge in [-0.05, 0) is 36.2 Å². The maximum absolute atomic E-state index is 12.8. The van der Waals surface area contributed by atoms with Gasteiger partial charge in [-0.3, -0.25) is 4.79 Å². The van der Waals surface area contributed by atoms with E-state index in [-0.39, 0.29) is 5.91 Å². The number of anilines is 1. The van der Waals surface area contributed by atoms with Gasteiger partial charge in [-0.2, -0.15) is 0 Å². The van der Waals surface area contributed by atoms with E-state index in [0.29, 0.717) is 11.4 Å². The van der Waals surface area contributed by atoms with Crippen LogP contribution in [0.4, 0.5) is 5.69 Å². The second-order valence-corrected chi connectivity index (χ2v) is 7.14. The van der Waals surface area contributed by atoms with Crippen molar-refractivity contribution in [2.75, 3.05) is 18.4 Å². The van der Waals surface area contributed by atoms with Crippen LogP contribution in [-0.4, -0.2) is 23.6 Å². The van der Waals surface area contributed by atoms with Crippen molar-refractivity contribution in [2.24, 2.45) is 0 Å². The SMILES string of the molecule is Cc1c(Cl)cccc1NC(=O)Cc1c2n(c3ccccc13)CCNCC2. The monoisotopic (exact) mass is 367 g/mol. The molecule has 4 rings (SSSR count). The molecule has 2 aromatic carbocycles. The lowest BCUT2D eigenvalue weighted by Gasteiger charge is -2.11. The van der Waals surface area contributed by atoms with Crippen LogP contribution in [0.3, 0.4) is 0 Å². The molecular weight excluding hydrogens is 346 g/mol. The first-order valence-corrected chi connectivity index (χ1v) is 9.37. The summed E-state index contributed by atoms with van der Waals surface area (Å²) in [4.78, 5) is 12.8. The van der Waals surface area contributed by atoms with Gasteiger partial charge in [0.15, 0.2) is 0 Å². The quantitative estimate of drug-likeness (QED) is 0.736. The topological polar surface area (TPSA) is 46.1 Å². The second-order valence-electron chi connectivity index (χ2n) is 6.73. The van der Waals surface area contributed by atoms with Crippen LogP contribution in [0.5, 0.6) is 0 Å². The number of aromatic nitrogens is 1. The number of fused-ring (bicyclic) bond motifs is 3. The average molecular weight is 368 g/mol. The Morgan fingerprint density at radius 2 is 2.04 bits per heavy atom. The van der Waals surface area contributed by atoms with Crippen LogP contribution in [0.15, 0.2) is 42.5 Å². The third-order valence-electron chi connectivity index (χ3n) is 5.12. The molecule has 5 heteroatoms. The van der Waals surface area contributed by atoms with Crippen molar-refractivity contribution in [3.05, 3.63) is 64.3 Å². The number of hydrogen-bond donors (Lipinski definition) is 2. The van der Waals surface area contributed by atoms with Gasteiger partial charge in [0.25, 0.3) is 0 Å². The number of para-hydroxylation sites is 1. The lowest BCUT2D eigenvalue weighted by Crippen LogP contribution is -2.18. The van der Waals surface area contributed by atoms with Gasteiger partial charge in [0.05, 0.1) is 6.42 Å². The highest BCUT2D eigenvalue weighted by Crippen LogP contribution is 2.29. The van der Waals surface area contributed by atoms with Gasteiger partial charge in [-0.15, -0.1) is 0 Å². The molecule has 4 nitrogen and oxygen atoms in total. The molecule has 1 aliphatic heterocycles. The largest absolute Gasteiger partial charge is 0.343 e. The standard InChI is InChI=1S/C21H22ClN3O/c1-14-17(22)6-4-7-18(14)24-21(26)13-16-15-5-2-3-8-19(15)25-12-11-23-10-9-20(16)25/h2-8,23H,9-13H2,1H3,(H,24,26). The van der Waals surface area contributed by atoms with Crippen molar-refractivity contribution < 1.29 is 4.79 Å². The molecule has 2 heterocycles. The van der Waals surface area contributed by atoms with Crippen molar-refractivity contribution in [3.63, 3.8) is 0 Å². The number of nitrogens with one attached hydrogen (secondary N) is 2. The smallest absolute Gasteiger partial charge is 0.228 e. The minimum atomic E-state index is -0.00766. The van der Waals surface area contributed by atoms with E-state index in [0.717, 1.165) is 42.9 Å². The summed E-state index contributed by atoms with van der Waals surface area (Å²) in [5.41, 5.74) is 5.30. The molecule has 0 bridgehead atoms. The van der Waals surface area contributed by atoms with Crippen LogP contribution < -0.4 is 10.6 Å². The molecule has 26 heavy (non-hydrogen) atoms. The maximum Gasteiger partial charge on any atom is 0.228 e. The van der Waals surface area contributed by atoms with E-state index in [4.69, 9.17) is 11.6 Å². The summed E-state index contributed by atoms with van der Waals surface area (Å²) in [5, 5.41) is 8.32. The van der Waals surface area contributed by atoms with Crippen LogP contribution >= 0.6 is 11.6 Å². The van der Waals surface area contributed by atoms with Gasteiger partial charge in [-0.25, -0.2) is 0 Å². The van der Waals surface area contributed by atoms with Gasteiger partial charge in [0, 0.05) is 53.4 Å². The zero-order valence-corrected chi connectivity index (χ0v) is 15.6. The fraction of sp³-hybridized carbons (Fsp3) is 0.286. The third kappa shape index (κ3) is 3.11. The van der Waals surface area contributed by atoms with E-state index in [1.54, 1.807) is 0 Å². The van der Waals surface area contributed by atoms with Crippen molar-refractivity contribution in [1.82, 2.24) is 9.88 Å². The number of carbonyl (C=O) groups excluding carboxylic acids is 1. The van der Waals surface area contributed by atoms with Gasteiger partial charge in [-0.1, -0.05) is 35.9 Å². The number of carbonyl (C=O) groups is 1. The molecule has 1 amide bonds. The fourth-order valence-corrected chi connectivity index (χ4v) is 3.96. The first kappa shape index (κ1) is 17.1. The number of rotatable bonds is 3. The van der Waals surface area contributed by atoms with Crippen molar-refractivity contribution in [2.45, 2.75) is 26.3 Å². The summed E-state index contributed by atoms with van der Waals surface area (Å²) in [6.07, 6.45) is 1.31. The Bertz CT molecular complexity index is 977. The van der Waals surface area contributed by atoms with E-state index < -0.39 is 0 Å². The van der Waals surface area contributed by atoms with Crippen molar-refractivity contribution in [3.8, 4) is 0 Å². The Morgan fingerprint density at radius 3 is 2.92 bits per heavy atom. The molecule has 2 N–H and O–H groups in total. The molecule has 0 radical (unpaired) electrons. The van der Waals surface area contributed by atoms with E-state index in [1.807, 2.05) is 31.2 Å². The third-order valence-corrected chi connectivity index (χ3v) is 5.53. The predicted molar refractivity (Wildman–Crippen MR) is 107 cm³/mol. The molecule has 0 fully saturated rings. The Kier molecular flexibility index (Phi) is 4.70. The highest BCUT2D eigenvalue weighted by molar-refractivity contribution is 6.31. The summed E-state index contributed by atoms with van der Waals surface area (Å²) in [5.74, 6) is -0.00766. The first-order chi connectivity index (χ1) is 12.6. The van der Waals surface area contributed by atoms with E-state index in [9.17, 15) is 4.79 Å². The summed E-state index contributed by atoms with van der Waals surface area (Å²) >= 11 is 6.17. The molecular formula is C21H22ClN3O. The lowest BCUT2D eigenvalue weighted by atomic mass is 10.0. The minimum Gasteiger partial charge on any atom is -0.343 e. The van der Waals surface area contributed by atoms with Gasteiger partial charge in [0.1, 0.15) is 0 Å². The van der Waals surface area contributed by atoms with Crippen LogP contribution in [0.1, 0.15) is 16.8 Å². The number of nitrogens with zero attached hydrogens (tertiary/aromatic N) is 1. The average Bonchev–Trinajstić information content (AvgIpc) is 2.79. The zero-order valence-electron chi connectivity index (χ0n) is 14.8. The number of halogens is 1. The number of amides is 1. The predicted octanol–water partition coefficient (Wildman–Crippen LogP) is 3.93. The minimum absolute atomic E-state index is 0.00766. The van der Waals surface area contributed by atoms with E-state index in [2.05, 4.69) is 33.4 Å². The molecule has 0 saturated heterocycles. The van der Waals surface area contributed by atoms with Crippen LogP contribution in [0.25, 0.3) is 10.9 Å². The maximum atomic E-state index is 12.8. The summed E-state index contributed by atoms with van der Waals surface area (Å²) < 4.78 is 2.36. The molecule has 0 spiro atoms. The Labute approximate surface area is 158 Å². The summed E-state index contributed by atoms with van der Waals surface area (Å²) in [6.45, 7) is 4.76. The molecule has 3 aromatic rings. The highest BCUT2D eigenvalue weighted by Gasteiger charge is 2.20. The Morgan fingerprint density at radius 1 is 1.19 bits per heavy atom. The fourth-order valence-electron chi connectivity index (χ4n) is 3.79. The van der Waals surface area contributed by atoms with Gasteiger partial charge in [0.2, 0.25) is 5.91 Å². The lowest BCUT2D eigenvalue weighted by molar-refractivity contribution is -0.115. The van der Waals surface area contributed by atoms with Crippen LogP contribution in [0, 0.1) is 6.92 Å². The van der Waals surface area contributed by atoms with E-state index in [1.165, 1.54) is 16.6 Å². The van der Waals surface area contributed by atoms with Crippen LogP contribution in [0.2, 0.25) is 5.02 Å². The highest BCUT2D eigenvalue weighted by atomic mass is 35.5. The normalized spacial score (nSPS) is 14.1. The molecule has 0 unspecified atom stereocenters. The Hall–Kier alpha value is -2.30. The van der Waals surface area contributed by atoms with E-state index >= 15 is 0 Å². The zero-order chi connectivity index (χ0) is 18.1. The number of hydrogen-bond acceptors (Lipinski definition) is 2. The molecule has 1 aliphatic rings. The molecule has 134 valence electrons. The van der Waals surface area contributed by atoms with Gasteiger partial charge < -0.3 is 15.2 Å². The molecule has 0 aliphatic carbocycles. The van der Waals surface area contributed by atoms with Crippen molar-refractivity contribution in [1.29, 1.82) is 0 Å². The second kappa shape index (κ2) is 7.14. The molecule has 0 saturated carbocycles. The van der Waals surface area contributed by atoms with Gasteiger partial charge >= 0.3 is 0 Å². The van der Waals surface area contributed by atoms with Crippen molar-refractivity contribution >= 4 is 34.1 Å². The summed E-state index contributed by atoms with van der Waals surface area (Å²) in [7, 11) is 0. The summed E-state index contributed by atoms with van der Waals surface area (Å²) in [6, 6.07) is 14.0. The first-order valence-electron chi connectivity index (χ1n) is 9.00. The Balaban J connectivity index is 1.67. The van der Waals surface area contributed by atoms with Crippen LogP contribution in [-0.2, 0) is 24.2 Å². The molecule has 1 aromatic heterocycles. The molecule has 0 atom stereocenters.